The lowest BCUT2D eigenvalue weighted by molar-refractivity contribution is 0.227. The summed E-state index contributed by atoms with van der Waals surface area (Å²) in [6.45, 7) is 2.85. The molecule has 1 spiro atoms. The van der Waals surface area contributed by atoms with Crippen LogP contribution < -0.4 is 10.5 Å². The van der Waals surface area contributed by atoms with Crippen LogP contribution in [0, 0.1) is 11.7 Å². The minimum absolute atomic E-state index is 0.135. The molecule has 7 heteroatoms. The van der Waals surface area contributed by atoms with Crippen LogP contribution in [0.25, 0.3) is 22.5 Å². The summed E-state index contributed by atoms with van der Waals surface area (Å²) in [5, 5.41) is 5.31. The highest BCUT2D eigenvalue weighted by Gasteiger charge is 2.56. The summed E-state index contributed by atoms with van der Waals surface area (Å²) >= 11 is 0. The predicted octanol–water partition coefficient (Wildman–Crippen LogP) is 6.16. The third-order valence-corrected chi connectivity index (χ3v) is 8.80. The molecule has 3 aliphatic carbocycles. The molecular weight excluding hydrogens is 465 g/mol. The lowest BCUT2D eigenvalue weighted by atomic mass is 9.86. The average molecular weight is 494 g/mol. The maximum absolute atomic E-state index is 14.5. The number of hydrogen-bond acceptors (Lipinski definition) is 5. The molecule has 0 radical (unpaired) electrons. The van der Waals surface area contributed by atoms with Crippen LogP contribution in [0.5, 0.6) is 5.75 Å². The molecule has 8 rings (SSSR count). The number of nitrogen functional groups attached to an aromatic ring is 1. The summed E-state index contributed by atoms with van der Waals surface area (Å²) in [6.07, 6.45) is 9.09. The largest absolute Gasteiger partial charge is 0.482 e. The van der Waals surface area contributed by atoms with Crippen molar-refractivity contribution in [2.45, 2.75) is 63.0 Å². The van der Waals surface area contributed by atoms with Crippen molar-refractivity contribution >= 4 is 5.82 Å². The van der Waals surface area contributed by atoms with Crippen LogP contribution in [-0.2, 0) is 12.0 Å². The number of fused-ring (bicyclic) bond motifs is 8. The Kier molecular flexibility index (Phi) is 4.27. The first-order chi connectivity index (χ1) is 18.0. The van der Waals surface area contributed by atoms with E-state index in [1.165, 1.54) is 48.6 Å². The van der Waals surface area contributed by atoms with Crippen molar-refractivity contribution in [1.82, 2.24) is 19.7 Å². The number of ether oxygens (including phenoxy) is 1. The molecule has 4 aliphatic rings. The van der Waals surface area contributed by atoms with E-state index in [0.717, 1.165) is 41.0 Å². The molecule has 2 saturated carbocycles. The van der Waals surface area contributed by atoms with Gasteiger partial charge in [0.2, 0.25) is 0 Å². The fourth-order valence-corrected chi connectivity index (χ4v) is 6.57. The molecule has 6 nitrogen and oxygen atoms in total. The first-order valence-electron chi connectivity index (χ1n) is 13.3. The Balaban J connectivity index is 1.45. The quantitative estimate of drug-likeness (QED) is 0.362. The summed E-state index contributed by atoms with van der Waals surface area (Å²) < 4.78 is 23.2. The normalized spacial score (nSPS) is 22.3. The SMILES string of the molecule is C[C@H]1Oc2cc(cnc2N)-c2c3c(nn2CC2CC2)C2(CC2)CC3c2cccnc2-c2ccc(F)cc21. The Bertz CT molecular complexity index is 1590. The van der Waals surface area contributed by atoms with Crippen molar-refractivity contribution in [3.05, 3.63) is 77.0 Å². The maximum atomic E-state index is 14.5. The minimum atomic E-state index is -0.455. The van der Waals surface area contributed by atoms with Crippen molar-refractivity contribution in [3.63, 3.8) is 0 Å². The molecule has 1 unspecified atom stereocenters. The van der Waals surface area contributed by atoms with Crippen LogP contribution in [0.15, 0.2) is 48.8 Å². The molecule has 2 atom stereocenters. The Hall–Kier alpha value is -3.74. The number of aromatic nitrogens is 4. The Morgan fingerprint density at radius 1 is 1.14 bits per heavy atom. The number of halogens is 1. The van der Waals surface area contributed by atoms with Crippen molar-refractivity contribution in [2.24, 2.45) is 5.92 Å². The van der Waals surface area contributed by atoms with Gasteiger partial charge in [-0.25, -0.2) is 9.37 Å². The van der Waals surface area contributed by atoms with E-state index in [1.807, 2.05) is 37.5 Å². The molecule has 186 valence electrons. The molecule has 0 saturated heterocycles. The van der Waals surface area contributed by atoms with Crippen LogP contribution in [0.2, 0.25) is 0 Å². The van der Waals surface area contributed by atoms with Crippen molar-refractivity contribution in [1.29, 1.82) is 0 Å². The third-order valence-electron chi connectivity index (χ3n) is 8.80. The van der Waals surface area contributed by atoms with E-state index in [4.69, 9.17) is 20.6 Å². The van der Waals surface area contributed by atoms with Gasteiger partial charge in [-0.15, -0.1) is 0 Å². The van der Waals surface area contributed by atoms with Gasteiger partial charge in [0.25, 0.3) is 0 Å². The van der Waals surface area contributed by atoms with Gasteiger partial charge >= 0.3 is 0 Å². The van der Waals surface area contributed by atoms with Gasteiger partial charge in [-0.1, -0.05) is 6.07 Å². The van der Waals surface area contributed by atoms with Crippen molar-refractivity contribution in [2.75, 3.05) is 5.73 Å². The van der Waals surface area contributed by atoms with Gasteiger partial charge in [-0.05, 0) is 80.8 Å². The Morgan fingerprint density at radius 2 is 2.00 bits per heavy atom. The number of rotatable bonds is 2. The zero-order valence-corrected chi connectivity index (χ0v) is 20.7. The highest BCUT2D eigenvalue weighted by Crippen LogP contribution is 2.64. The molecule has 4 heterocycles. The van der Waals surface area contributed by atoms with E-state index < -0.39 is 6.10 Å². The molecule has 2 fully saturated rings. The van der Waals surface area contributed by atoms with Gasteiger partial charge in [-0.2, -0.15) is 5.10 Å². The van der Waals surface area contributed by atoms with E-state index in [0.29, 0.717) is 17.5 Å². The molecule has 2 bridgehead atoms. The fourth-order valence-electron chi connectivity index (χ4n) is 6.57. The summed E-state index contributed by atoms with van der Waals surface area (Å²) in [7, 11) is 0. The van der Waals surface area contributed by atoms with E-state index >= 15 is 0 Å². The van der Waals surface area contributed by atoms with E-state index in [2.05, 4.69) is 15.7 Å². The first kappa shape index (κ1) is 21.4. The standard InChI is InChI=1S/C30H28FN5O/c1-16-22-12-19(31)6-7-21(22)26-20(3-2-10-33-26)23-13-30(8-9-30)28-25(23)27(36(35-28)15-17-4-5-17)18-11-24(37-16)29(32)34-14-18/h2-3,6-7,10-12,14,16-17,23H,4-5,8-9,13,15H2,1H3,(H2,32,34)/t16-,23?/m1/s1. The monoisotopic (exact) mass is 493 g/mol. The van der Waals surface area contributed by atoms with Gasteiger partial charge in [-0.3, -0.25) is 9.67 Å². The lowest BCUT2D eigenvalue weighted by Crippen LogP contribution is -2.13. The van der Waals surface area contributed by atoms with Gasteiger partial charge in [0.15, 0.2) is 11.6 Å². The van der Waals surface area contributed by atoms with Gasteiger partial charge in [0.05, 0.1) is 17.1 Å². The third kappa shape index (κ3) is 3.19. The Morgan fingerprint density at radius 3 is 2.81 bits per heavy atom. The van der Waals surface area contributed by atoms with Gasteiger partial charge in [0.1, 0.15) is 11.9 Å². The summed E-state index contributed by atoms with van der Waals surface area (Å²) in [5.41, 5.74) is 14.8. The second-order valence-electron chi connectivity index (χ2n) is 11.3. The topological polar surface area (TPSA) is 78.9 Å². The van der Waals surface area contributed by atoms with Crippen molar-refractivity contribution in [3.8, 4) is 28.3 Å². The average Bonchev–Trinajstić information content (AvgIpc) is 3.80. The van der Waals surface area contributed by atoms with Gasteiger partial charge < -0.3 is 10.5 Å². The molecular formula is C30H28FN5O. The summed E-state index contributed by atoms with van der Waals surface area (Å²) in [4.78, 5) is 9.43. The van der Waals surface area contributed by atoms with Crippen LogP contribution in [0.4, 0.5) is 10.2 Å². The number of nitrogens with zero attached hydrogens (tertiary/aromatic N) is 4. The fraction of sp³-hybridized carbons (Fsp3) is 0.367. The van der Waals surface area contributed by atoms with Crippen LogP contribution in [-0.4, -0.2) is 19.7 Å². The molecule has 2 N–H and O–H groups in total. The highest BCUT2D eigenvalue weighted by molar-refractivity contribution is 5.76. The second kappa shape index (κ2) is 7.40. The second-order valence-corrected chi connectivity index (χ2v) is 11.3. The molecule has 0 amide bonds. The Labute approximate surface area is 214 Å². The van der Waals surface area contributed by atoms with Crippen LogP contribution >= 0.6 is 0 Å². The number of anilines is 1. The van der Waals surface area contributed by atoms with Crippen molar-refractivity contribution < 1.29 is 9.13 Å². The zero-order chi connectivity index (χ0) is 24.9. The number of nitrogens with two attached hydrogens (primary N) is 1. The molecule has 1 aromatic carbocycles. The predicted molar refractivity (Wildman–Crippen MR) is 139 cm³/mol. The first-order valence-corrected chi connectivity index (χ1v) is 13.3. The molecule has 1 aliphatic heterocycles. The van der Waals surface area contributed by atoms with Crippen LogP contribution in [0.1, 0.15) is 73.4 Å². The number of benzene rings is 1. The van der Waals surface area contributed by atoms with E-state index in [-0.39, 0.29) is 17.2 Å². The molecule has 4 aromatic rings. The number of hydrogen-bond donors (Lipinski definition) is 1. The van der Waals surface area contributed by atoms with Crippen LogP contribution in [0.3, 0.4) is 0 Å². The highest BCUT2D eigenvalue weighted by atomic mass is 19.1. The molecule has 37 heavy (non-hydrogen) atoms. The zero-order valence-electron chi connectivity index (χ0n) is 20.7. The van der Waals surface area contributed by atoms with E-state index in [9.17, 15) is 4.39 Å². The maximum Gasteiger partial charge on any atom is 0.166 e. The lowest BCUT2D eigenvalue weighted by Gasteiger charge is -2.24. The molecule has 3 aromatic heterocycles. The minimum Gasteiger partial charge on any atom is -0.482 e. The summed E-state index contributed by atoms with van der Waals surface area (Å²) in [6, 6.07) is 11.1. The smallest absolute Gasteiger partial charge is 0.166 e. The number of pyridine rings is 2. The van der Waals surface area contributed by atoms with Gasteiger partial charge in [0, 0.05) is 52.5 Å². The van der Waals surface area contributed by atoms with E-state index in [1.54, 1.807) is 6.07 Å². The summed E-state index contributed by atoms with van der Waals surface area (Å²) in [5.74, 6) is 1.36.